The van der Waals surface area contributed by atoms with Crippen molar-refractivity contribution in [3.05, 3.63) is 12.2 Å². The fourth-order valence-corrected chi connectivity index (χ4v) is 6.45. The topological polar surface area (TPSA) is 63.2 Å². The minimum atomic E-state index is -0.896. The molecule has 0 radical (unpaired) electrons. The Labute approximate surface area is 243 Å². The van der Waals surface area contributed by atoms with Crippen LogP contribution in [-0.2, 0) is 28.5 Å². The molecule has 1 aliphatic carbocycles. The Morgan fingerprint density at radius 1 is 1.00 bits per heavy atom. The van der Waals surface area contributed by atoms with Crippen molar-refractivity contribution in [3.8, 4) is 0 Å². The minimum absolute atomic E-state index is 0.0176. The summed E-state index contributed by atoms with van der Waals surface area (Å²) < 4.78 is 45.3. The van der Waals surface area contributed by atoms with Crippen LogP contribution in [0.5, 0.6) is 0 Å². The smallest absolute Gasteiger partial charge is 0.305 e. The molecule has 3 fully saturated rings. The van der Waals surface area contributed by atoms with Crippen LogP contribution in [0.25, 0.3) is 0 Å². The first-order chi connectivity index (χ1) is 19.3. The van der Waals surface area contributed by atoms with Gasteiger partial charge >= 0.3 is 5.97 Å². The molecule has 232 valence electrons. The minimum Gasteiger partial charge on any atom is -0.469 e. The van der Waals surface area contributed by atoms with Crippen LogP contribution in [0.1, 0.15) is 124 Å². The van der Waals surface area contributed by atoms with Gasteiger partial charge < -0.3 is 23.7 Å². The maximum atomic E-state index is 15.6. The number of ether oxygens (including phenoxy) is 5. The fraction of sp³-hybridized carbons (Fsp3) is 0.909. The zero-order valence-corrected chi connectivity index (χ0v) is 25.8. The van der Waals surface area contributed by atoms with Gasteiger partial charge in [-0.3, -0.25) is 4.79 Å². The van der Waals surface area contributed by atoms with E-state index in [9.17, 15) is 4.79 Å². The molecular formula is C33H57FO6. The molecule has 2 aliphatic heterocycles. The molecule has 2 unspecified atom stereocenters. The van der Waals surface area contributed by atoms with Crippen molar-refractivity contribution in [3.63, 3.8) is 0 Å². The van der Waals surface area contributed by atoms with E-state index >= 15 is 4.39 Å². The number of hydrogen-bond acceptors (Lipinski definition) is 6. The Kier molecular flexibility index (Phi) is 14.9. The average molecular weight is 569 g/mol. The highest BCUT2D eigenvalue weighted by Gasteiger charge is 2.44. The van der Waals surface area contributed by atoms with E-state index in [4.69, 9.17) is 23.7 Å². The summed E-state index contributed by atoms with van der Waals surface area (Å²) in [6, 6.07) is 0. The standard InChI is InChI=1S/C33H57FO6/c1-5-6-21-33(2,3)29(40-32-18-12-14-23-38-32)20-19-26-25(15-9-7-8-10-16-30(35)36-4)27(34)24-28(26)39-31-17-11-13-22-37-31/h19-20,25-29,31-32H,5-18,21-24H2,1-4H3/t25-,26-,27-,28-,29-,31?,32?/m1/s1. The van der Waals surface area contributed by atoms with Gasteiger partial charge in [0.15, 0.2) is 12.6 Å². The number of carbonyl (C=O) groups is 1. The van der Waals surface area contributed by atoms with Crippen molar-refractivity contribution in [2.75, 3.05) is 20.3 Å². The van der Waals surface area contributed by atoms with Crippen molar-refractivity contribution in [1.82, 2.24) is 0 Å². The Hall–Kier alpha value is -1.02. The zero-order chi connectivity index (χ0) is 28.8. The van der Waals surface area contributed by atoms with Gasteiger partial charge in [0.1, 0.15) is 6.17 Å². The molecule has 0 aromatic heterocycles. The van der Waals surface area contributed by atoms with Gasteiger partial charge in [0, 0.05) is 32.0 Å². The summed E-state index contributed by atoms with van der Waals surface area (Å²) >= 11 is 0. The van der Waals surface area contributed by atoms with Gasteiger partial charge in [-0.15, -0.1) is 0 Å². The first-order valence-corrected chi connectivity index (χ1v) is 16.3. The Balaban J connectivity index is 1.70. The second kappa shape index (κ2) is 17.8. The Bertz CT molecular complexity index is 730. The molecule has 0 aromatic rings. The van der Waals surface area contributed by atoms with Crippen LogP contribution in [-0.4, -0.2) is 57.3 Å². The van der Waals surface area contributed by atoms with Crippen LogP contribution in [0.15, 0.2) is 12.2 Å². The van der Waals surface area contributed by atoms with E-state index in [1.54, 1.807) is 0 Å². The van der Waals surface area contributed by atoms with Gasteiger partial charge in [0.2, 0.25) is 0 Å². The number of methoxy groups -OCH3 is 1. The summed E-state index contributed by atoms with van der Waals surface area (Å²) in [6.07, 6.45) is 17.7. The third kappa shape index (κ3) is 11.0. The van der Waals surface area contributed by atoms with Crippen molar-refractivity contribution >= 4 is 5.97 Å². The predicted octanol–water partition coefficient (Wildman–Crippen LogP) is 8.07. The number of hydrogen-bond donors (Lipinski definition) is 0. The van der Waals surface area contributed by atoms with Crippen molar-refractivity contribution in [2.24, 2.45) is 17.3 Å². The highest BCUT2D eigenvalue weighted by molar-refractivity contribution is 5.68. The number of carbonyl (C=O) groups excluding carboxylic acids is 1. The molecule has 0 amide bonds. The molecule has 2 saturated heterocycles. The molecule has 0 aromatic carbocycles. The van der Waals surface area contributed by atoms with Crippen LogP contribution in [0, 0.1) is 17.3 Å². The molecule has 0 N–H and O–H groups in total. The lowest BCUT2D eigenvalue weighted by Gasteiger charge is -2.36. The SMILES string of the molecule is CCCCC(C)(C)[C@@H](C=C[C@@H]1[C@@H](CCCCCCC(=O)OC)[C@H](F)C[C@H]1OC1CCCCO1)OC1CCCCO1. The molecule has 1 saturated carbocycles. The Morgan fingerprint density at radius 2 is 1.70 bits per heavy atom. The lowest BCUT2D eigenvalue weighted by molar-refractivity contribution is -0.198. The molecular weight excluding hydrogens is 511 g/mol. The van der Waals surface area contributed by atoms with Crippen molar-refractivity contribution < 1.29 is 32.9 Å². The first-order valence-electron chi connectivity index (χ1n) is 16.3. The van der Waals surface area contributed by atoms with Gasteiger partial charge in [-0.1, -0.05) is 65.0 Å². The van der Waals surface area contributed by atoms with E-state index < -0.39 is 6.17 Å². The van der Waals surface area contributed by atoms with E-state index in [0.29, 0.717) is 12.8 Å². The van der Waals surface area contributed by atoms with Crippen molar-refractivity contribution in [2.45, 2.75) is 154 Å². The van der Waals surface area contributed by atoms with Gasteiger partial charge in [-0.2, -0.15) is 0 Å². The fourth-order valence-electron chi connectivity index (χ4n) is 6.45. The lowest BCUT2D eigenvalue weighted by Crippen LogP contribution is -2.37. The maximum absolute atomic E-state index is 15.6. The first kappa shape index (κ1) is 33.5. The second-order valence-electron chi connectivity index (χ2n) is 12.8. The summed E-state index contributed by atoms with van der Waals surface area (Å²) in [5.74, 6) is -0.265. The molecule has 0 bridgehead atoms. The Morgan fingerprint density at radius 3 is 2.35 bits per heavy atom. The molecule has 2 heterocycles. The molecule has 7 atom stereocenters. The third-order valence-corrected chi connectivity index (χ3v) is 9.10. The highest BCUT2D eigenvalue weighted by atomic mass is 19.1. The molecule has 0 spiro atoms. The van der Waals surface area contributed by atoms with Gasteiger partial charge in [0.05, 0.1) is 19.3 Å². The monoisotopic (exact) mass is 568 g/mol. The van der Waals surface area contributed by atoms with Crippen LogP contribution in [0.2, 0.25) is 0 Å². The molecule has 3 aliphatic rings. The molecule has 40 heavy (non-hydrogen) atoms. The number of rotatable bonds is 17. The van der Waals surface area contributed by atoms with E-state index in [1.807, 2.05) is 0 Å². The second-order valence-corrected chi connectivity index (χ2v) is 12.8. The van der Waals surface area contributed by atoms with Gasteiger partial charge in [0.25, 0.3) is 0 Å². The molecule has 3 rings (SSSR count). The quantitative estimate of drug-likeness (QED) is 0.100. The number of halogens is 1. The summed E-state index contributed by atoms with van der Waals surface area (Å²) in [6.45, 7) is 8.25. The number of alkyl halides is 1. The van der Waals surface area contributed by atoms with E-state index in [-0.39, 0.29) is 48.0 Å². The number of esters is 1. The van der Waals surface area contributed by atoms with E-state index in [2.05, 4.69) is 32.9 Å². The lowest BCUT2D eigenvalue weighted by atomic mass is 9.80. The van der Waals surface area contributed by atoms with Gasteiger partial charge in [-0.05, 0) is 69.1 Å². The van der Waals surface area contributed by atoms with Crippen LogP contribution in [0.4, 0.5) is 4.39 Å². The normalized spacial score (nSPS) is 30.5. The summed E-state index contributed by atoms with van der Waals surface area (Å²) in [5, 5.41) is 0. The summed E-state index contributed by atoms with van der Waals surface area (Å²) in [5.41, 5.74) is -0.0565. The zero-order valence-electron chi connectivity index (χ0n) is 25.8. The van der Waals surface area contributed by atoms with E-state index in [1.165, 1.54) is 7.11 Å². The van der Waals surface area contributed by atoms with Crippen molar-refractivity contribution in [1.29, 1.82) is 0 Å². The summed E-state index contributed by atoms with van der Waals surface area (Å²) in [4.78, 5) is 11.4. The maximum Gasteiger partial charge on any atom is 0.305 e. The third-order valence-electron chi connectivity index (χ3n) is 9.10. The molecule has 6 nitrogen and oxygen atoms in total. The van der Waals surface area contributed by atoms with Crippen LogP contribution < -0.4 is 0 Å². The highest BCUT2D eigenvalue weighted by Crippen LogP contribution is 2.42. The van der Waals surface area contributed by atoms with E-state index in [0.717, 1.165) is 103 Å². The summed E-state index contributed by atoms with van der Waals surface area (Å²) in [7, 11) is 1.43. The molecule has 7 heteroatoms. The predicted molar refractivity (Wildman–Crippen MR) is 156 cm³/mol. The van der Waals surface area contributed by atoms with Crippen LogP contribution >= 0.6 is 0 Å². The van der Waals surface area contributed by atoms with Crippen LogP contribution in [0.3, 0.4) is 0 Å². The largest absolute Gasteiger partial charge is 0.469 e. The average Bonchev–Trinajstić information content (AvgIpc) is 3.25. The number of unbranched alkanes of at least 4 members (excludes halogenated alkanes) is 4. The van der Waals surface area contributed by atoms with Gasteiger partial charge in [-0.25, -0.2) is 4.39 Å².